The maximum atomic E-state index is 12.1. The Labute approximate surface area is 154 Å². The van der Waals surface area contributed by atoms with Gasteiger partial charge in [-0.2, -0.15) is 0 Å². The summed E-state index contributed by atoms with van der Waals surface area (Å²) in [6.45, 7) is 1.45. The van der Waals surface area contributed by atoms with Crippen LogP contribution in [-0.2, 0) is 11.2 Å². The number of rotatable bonds is 10. The van der Waals surface area contributed by atoms with E-state index in [4.69, 9.17) is 14.2 Å². The van der Waals surface area contributed by atoms with Gasteiger partial charge in [0.1, 0.15) is 0 Å². The van der Waals surface area contributed by atoms with E-state index >= 15 is 0 Å². The maximum absolute atomic E-state index is 12.1. The molecule has 140 valence electrons. The van der Waals surface area contributed by atoms with Crippen LogP contribution in [0.25, 0.3) is 0 Å². The number of ether oxygens (including phenoxy) is 3. The van der Waals surface area contributed by atoms with Crippen LogP contribution >= 0.6 is 0 Å². The second kappa shape index (κ2) is 10.3. The average Bonchev–Trinajstić information content (AvgIpc) is 2.67. The molecule has 0 aliphatic carbocycles. The summed E-state index contributed by atoms with van der Waals surface area (Å²) >= 11 is 0. The highest BCUT2D eigenvalue weighted by atomic mass is 16.5. The fraction of sp³-hybridized carbons (Fsp3) is 0.350. The summed E-state index contributed by atoms with van der Waals surface area (Å²) in [5.74, 6) is 1.42. The summed E-state index contributed by atoms with van der Waals surface area (Å²) in [6.07, 6.45) is 1.32. The Kier molecular flexibility index (Phi) is 7.76. The first-order chi connectivity index (χ1) is 12.7. The molecule has 2 aromatic rings. The first-order valence-corrected chi connectivity index (χ1v) is 8.52. The van der Waals surface area contributed by atoms with Crippen molar-refractivity contribution in [2.45, 2.75) is 12.8 Å². The van der Waals surface area contributed by atoms with E-state index in [-0.39, 0.29) is 5.91 Å². The Morgan fingerprint density at radius 3 is 2.15 bits per heavy atom. The van der Waals surface area contributed by atoms with E-state index in [1.54, 1.807) is 33.5 Å². The van der Waals surface area contributed by atoms with E-state index in [0.29, 0.717) is 35.9 Å². The molecule has 6 heteroatoms. The lowest BCUT2D eigenvalue weighted by Gasteiger charge is -2.14. The molecule has 2 N–H and O–H groups in total. The molecule has 0 saturated heterocycles. The van der Waals surface area contributed by atoms with Crippen LogP contribution in [0.4, 0.5) is 5.69 Å². The van der Waals surface area contributed by atoms with Gasteiger partial charge in [0.25, 0.3) is 0 Å². The molecule has 0 atom stereocenters. The third-order valence-electron chi connectivity index (χ3n) is 3.91. The number of carbonyl (C=O) groups excluding carboxylic acids is 1. The van der Waals surface area contributed by atoms with Crippen LogP contribution in [0, 0.1) is 0 Å². The van der Waals surface area contributed by atoms with Gasteiger partial charge >= 0.3 is 0 Å². The molecule has 0 saturated carbocycles. The van der Waals surface area contributed by atoms with Crippen LogP contribution in [0.3, 0.4) is 0 Å². The number of anilines is 1. The lowest BCUT2D eigenvalue weighted by Crippen LogP contribution is -2.23. The molecule has 0 aliphatic rings. The van der Waals surface area contributed by atoms with E-state index in [1.165, 1.54) is 5.56 Å². The van der Waals surface area contributed by atoms with Crippen LogP contribution in [-0.4, -0.2) is 40.3 Å². The summed E-state index contributed by atoms with van der Waals surface area (Å²) in [6, 6.07) is 13.7. The molecule has 0 unspecified atom stereocenters. The monoisotopic (exact) mass is 358 g/mol. The van der Waals surface area contributed by atoms with Crippen molar-refractivity contribution in [3.05, 3.63) is 48.0 Å². The second-order valence-electron chi connectivity index (χ2n) is 5.70. The number of methoxy groups -OCH3 is 3. The molecule has 0 fully saturated rings. The van der Waals surface area contributed by atoms with Gasteiger partial charge in [-0.15, -0.1) is 0 Å². The fourth-order valence-electron chi connectivity index (χ4n) is 2.58. The Hall–Kier alpha value is -2.73. The minimum absolute atomic E-state index is 0.0773. The van der Waals surface area contributed by atoms with E-state index in [2.05, 4.69) is 22.8 Å². The predicted octanol–water partition coefficient (Wildman–Crippen LogP) is 2.87. The number of hydrogen-bond acceptors (Lipinski definition) is 5. The molecule has 0 spiro atoms. The van der Waals surface area contributed by atoms with Gasteiger partial charge in [0.05, 0.1) is 21.3 Å². The molecule has 0 aliphatic heterocycles. The van der Waals surface area contributed by atoms with E-state index in [9.17, 15) is 4.79 Å². The highest BCUT2D eigenvalue weighted by Gasteiger charge is 2.14. The fourth-order valence-corrected chi connectivity index (χ4v) is 2.58. The van der Waals surface area contributed by atoms with Crippen LogP contribution in [0.1, 0.15) is 12.0 Å². The normalized spacial score (nSPS) is 10.3. The Balaban J connectivity index is 1.80. The summed E-state index contributed by atoms with van der Waals surface area (Å²) in [7, 11) is 4.62. The van der Waals surface area contributed by atoms with Crippen molar-refractivity contribution >= 4 is 11.6 Å². The summed E-state index contributed by atoms with van der Waals surface area (Å²) in [5.41, 5.74) is 1.88. The smallest absolute Gasteiger partial charge is 0.225 e. The average molecular weight is 358 g/mol. The summed E-state index contributed by atoms with van der Waals surface area (Å²) in [4.78, 5) is 12.1. The minimum atomic E-state index is -0.0773. The van der Waals surface area contributed by atoms with Crippen molar-refractivity contribution in [1.29, 1.82) is 0 Å². The molecule has 1 amide bonds. The van der Waals surface area contributed by atoms with Crippen LogP contribution < -0.4 is 24.8 Å². The van der Waals surface area contributed by atoms with Gasteiger partial charge in [0.15, 0.2) is 11.5 Å². The van der Waals surface area contributed by atoms with Gasteiger partial charge in [-0.05, 0) is 18.5 Å². The van der Waals surface area contributed by atoms with Gasteiger partial charge in [-0.3, -0.25) is 4.79 Å². The number of hydrogen-bond donors (Lipinski definition) is 2. The van der Waals surface area contributed by atoms with Gasteiger partial charge in [-0.25, -0.2) is 0 Å². The first-order valence-electron chi connectivity index (χ1n) is 8.52. The van der Waals surface area contributed by atoms with E-state index < -0.39 is 0 Å². The molecule has 2 aromatic carbocycles. The Morgan fingerprint density at radius 1 is 0.923 bits per heavy atom. The first kappa shape index (κ1) is 19.6. The van der Waals surface area contributed by atoms with E-state index in [1.807, 2.05) is 18.2 Å². The second-order valence-corrected chi connectivity index (χ2v) is 5.70. The summed E-state index contributed by atoms with van der Waals surface area (Å²) < 4.78 is 15.8. The zero-order valence-corrected chi connectivity index (χ0v) is 15.5. The molecular weight excluding hydrogens is 332 g/mol. The minimum Gasteiger partial charge on any atom is -0.493 e. The third kappa shape index (κ3) is 5.67. The van der Waals surface area contributed by atoms with Crippen molar-refractivity contribution in [2.24, 2.45) is 0 Å². The molecule has 0 aromatic heterocycles. The highest BCUT2D eigenvalue weighted by Crippen LogP contribution is 2.39. The van der Waals surface area contributed by atoms with Crippen LogP contribution in [0.2, 0.25) is 0 Å². The van der Waals surface area contributed by atoms with Gasteiger partial charge < -0.3 is 24.8 Å². The summed E-state index contributed by atoms with van der Waals surface area (Å²) in [5, 5.41) is 6.14. The van der Waals surface area contributed by atoms with Crippen molar-refractivity contribution in [2.75, 3.05) is 39.7 Å². The Bertz CT molecular complexity index is 679. The van der Waals surface area contributed by atoms with Gasteiger partial charge in [0, 0.05) is 30.8 Å². The lowest BCUT2D eigenvalue weighted by atomic mass is 10.1. The third-order valence-corrected chi connectivity index (χ3v) is 3.91. The molecule has 0 heterocycles. The van der Waals surface area contributed by atoms with Crippen molar-refractivity contribution < 1.29 is 19.0 Å². The number of nitrogens with one attached hydrogen (secondary N) is 2. The Morgan fingerprint density at radius 2 is 1.58 bits per heavy atom. The zero-order valence-electron chi connectivity index (χ0n) is 15.5. The predicted molar refractivity (Wildman–Crippen MR) is 102 cm³/mol. The van der Waals surface area contributed by atoms with Crippen LogP contribution in [0.5, 0.6) is 17.2 Å². The molecule has 26 heavy (non-hydrogen) atoms. The quantitative estimate of drug-likeness (QED) is 0.639. The molecule has 6 nitrogen and oxygen atoms in total. The SMILES string of the molecule is COc1cc(NC(=O)CCNCCc2ccccc2)cc(OC)c1OC. The largest absolute Gasteiger partial charge is 0.493 e. The number of carbonyl (C=O) groups is 1. The molecular formula is C20H26N2O4. The maximum Gasteiger partial charge on any atom is 0.225 e. The van der Waals surface area contributed by atoms with Gasteiger partial charge in [-0.1, -0.05) is 30.3 Å². The van der Waals surface area contributed by atoms with Gasteiger partial charge in [0.2, 0.25) is 11.7 Å². The lowest BCUT2D eigenvalue weighted by molar-refractivity contribution is -0.116. The highest BCUT2D eigenvalue weighted by molar-refractivity contribution is 5.91. The number of amides is 1. The zero-order chi connectivity index (χ0) is 18.8. The molecule has 0 radical (unpaired) electrons. The van der Waals surface area contributed by atoms with Crippen molar-refractivity contribution in [3.63, 3.8) is 0 Å². The van der Waals surface area contributed by atoms with Crippen LogP contribution in [0.15, 0.2) is 42.5 Å². The molecule has 0 bridgehead atoms. The molecule has 2 rings (SSSR count). The van der Waals surface area contributed by atoms with E-state index in [0.717, 1.165) is 13.0 Å². The number of benzene rings is 2. The van der Waals surface area contributed by atoms with Crippen molar-refractivity contribution in [1.82, 2.24) is 5.32 Å². The topological polar surface area (TPSA) is 68.8 Å². The standard InChI is InChI=1S/C20H26N2O4/c1-24-17-13-16(14-18(25-2)20(17)26-3)22-19(23)10-12-21-11-9-15-7-5-4-6-8-15/h4-8,13-14,21H,9-12H2,1-3H3,(H,22,23). The van der Waals surface area contributed by atoms with Crippen molar-refractivity contribution in [3.8, 4) is 17.2 Å².